The molecular formula is C21H23ClFN3O7. The van der Waals surface area contributed by atoms with Crippen molar-refractivity contribution in [3.8, 4) is 5.75 Å². The lowest BCUT2D eigenvalue weighted by Gasteiger charge is -2.50. The number of nitrogens with two attached hydrogens (primary N) is 2. The third-order valence-corrected chi connectivity index (χ3v) is 6.70. The molecule has 0 radical (unpaired) electrons. The summed E-state index contributed by atoms with van der Waals surface area (Å²) >= 11 is 0. The van der Waals surface area contributed by atoms with Crippen LogP contribution in [0, 0.1) is 17.7 Å². The standard InChI is InChI=1S/C21H22FN3O7.ClH/c1-25(2)14-8-4-6-3-7-5-9(22)13(23)16(27)10(7)15(26)11(6)18(29)21(8,32)19(30)12(17(14)28)20(24)31;/h5-6,8,14,26-27,30,32H,3-4,23H2,1-2H3,(H2,24,31);1H. The number of fused-ring (bicyclic) bond motifs is 3. The Bertz CT molecular complexity index is 1180. The highest BCUT2D eigenvalue weighted by molar-refractivity contribution is 6.24. The molecule has 1 fully saturated rings. The lowest BCUT2D eigenvalue weighted by atomic mass is 9.57. The largest absolute Gasteiger partial charge is 0.508 e. The van der Waals surface area contributed by atoms with E-state index in [9.17, 15) is 39.2 Å². The summed E-state index contributed by atoms with van der Waals surface area (Å²) in [7, 11) is 3.01. The van der Waals surface area contributed by atoms with E-state index in [-0.39, 0.29) is 41.9 Å². The van der Waals surface area contributed by atoms with Crippen molar-refractivity contribution in [1.82, 2.24) is 4.90 Å². The lowest BCUT2D eigenvalue weighted by Crippen LogP contribution is -2.65. The van der Waals surface area contributed by atoms with Gasteiger partial charge in [-0.3, -0.25) is 19.3 Å². The second-order valence-corrected chi connectivity index (χ2v) is 8.62. The fourth-order valence-electron chi connectivity index (χ4n) is 5.28. The van der Waals surface area contributed by atoms with Gasteiger partial charge in [0, 0.05) is 11.5 Å². The van der Waals surface area contributed by atoms with Crippen molar-refractivity contribution >= 4 is 41.3 Å². The number of Topliss-reactive ketones (excluding diaryl/α,β-unsaturated/α-hetero) is 2. The first-order valence-corrected chi connectivity index (χ1v) is 9.78. The monoisotopic (exact) mass is 483 g/mol. The van der Waals surface area contributed by atoms with Crippen LogP contribution in [0.3, 0.4) is 0 Å². The van der Waals surface area contributed by atoms with E-state index < -0.39 is 75.3 Å². The van der Waals surface area contributed by atoms with Crippen LogP contribution in [0.2, 0.25) is 0 Å². The lowest BCUT2D eigenvalue weighted by molar-refractivity contribution is -0.153. The molecule has 3 aliphatic carbocycles. The highest BCUT2D eigenvalue weighted by Crippen LogP contribution is 2.53. The molecule has 4 atom stereocenters. The number of hydrogen-bond acceptors (Lipinski definition) is 9. The van der Waals surface area contributed by atoms with Crippen molar-refractivity contribution in [2.45, 2.75) is 24.5 Å². The molecule has 8 N–H and O–H groups in total. The summed E-state index contributed by atoms with van der Waals surface area (Å²) in [5.74, 6) is -8.79. The number of carbonyl (C=O) groups is 3. The molecule has 1 aromatic rings. The van der Waals surface area contributed by atoms with Crippen LogP contribution in [0.25, 0.3) is 5.76 Å². The number of aliphatic hydroxyl groups excluding tert-OH is 2. The number of nitrogen functional groups attached to an aromatic ring is 1. The Balaban J connectivity index is 0.00000306. The van der Waals surface area contributed by atoms with E-state index >= 15 is 0 Å². The number of amides is 1. The summed E-state index contributed by atoms with van der Waals surface area (Å²) in [5, 5.41) is 43.2. The van der Waals surface area contributed by atoms with Crippen LogP contribution in [-0.2, 0) is 20.8 Å². The smallest absolute Gasteiger partial charge is 0.255 e. The van der Waals surface area contributed by atoms with Crippen LogP contribution in [0.5, 0.6) is 5.75 Å². The number of rotatable bonds is 2. The Kier molecular flexibility index (Phi) is 5.73. The summed E-state index contributed by atoms with van der Waals surface area (Å²) < 4.78 is 14.1. The fourth-order valence-corrected chi connectivity index (χ4v) is 5.28. The molecule has 4 rings (SSSR count). The van der Waals surface area contributed by atoms with Crippen molar-refractivity contribution in [1.29, 1.82) is 0 Å². The molecule has 10 nitrogen and oxygen atoms in total. The van der Waals surface area contributed by atoms with Crippen LogP contribution in [0.1, 0.15) is 17.5 Å². The first-order chi connectivity index (χ1) is 14.8. The predicted molar refractivity (Wildman–Crippen MR) is 116 cm³/mol. The third kappa shape index (κ3) is 3.03. The van der Waals surface area contributed by atoms with E-state index in [4.69, 9.17) is 11.5 Å². The predicted octanol–water partition coefficient (Wildman–Crippen LogP) is 0.107. The number of benzene rings is 1. The summed E-state index contributed by atoms with van der Waals surface area (Å²) in [6.07, 6.45) is -0.0716. The summed E-state index contributed by atoms with van der Waals surface area (Å²) in [4.78, 5) is 39.7. The molecule has 0 bridgehead atoms. The molecule has 0 aromatic heterocycles. The normalized spacial score (nSPS) is 28.8. The van der Waals surface area contributed by atoms with Gasteiger partial charge in [0.15, 0.2) is 17.1 Å². The molecule has 0 saturated heterocycles. The average Bonchev–Trinajstić information content (AvgIpc) is 2.68. The average molecular weight is 484 g/mol. The van der Waals surface area contributed by atoms with Crippen molar-refractivity contribution in [2.75, 3.05) is 19.8 Å². The van der Waals surface area contributed by atoms with Gasteiger partial charge in [-0.1, -0.05) is 0 Å². The molecule has 1 aromatic carbocycles. The molecule has 0 heterocycles. The maximum Gasteiger partial charge on any atom is 0.255 e. The third-order valence-electron chi connectivity index (χ3n) is 6.70. The summed E-state index contributed by atoms with van der Waals surface area (Å²) in [6.45, 7) is 0. The molecule has 0 spiro atoms. The molecule has 1 saturated carbocycles. The number of ketones is 2. The molecule has 33 heavy (non-hydrogen) atoms. The fraction of sp³-hybridized carbons (Fsp3) is 0.381. The zero-order valence-electron chi connectivity index (χ0n) is 17.6. The zero-order valence-corrected chi connectivity index (χ0v) is 18.4. The van der Waals surface area contributed by atoms with Gasteiger partial charge >= 0.3 is 0 Å². The minimum Gasteiger partial charge on any atom is -0.508 e. The van der Waals surface area contributed by atoms with Gasteiger partial charge in [0.25, 0.3) is 5.91 Å². The number of hydrogen-bond donors (Lipinski definition) is 6. The number of carbonyl (C=O) groups excluding carboxylic acids is 3. The Labute approximate surface area is 193 Å². The number of aliphatic hydroxyl groups is 3. The van der Waals surface area contributed by atoms with Crippen molar-refractivity contribution in [3.05, 3.63) is 39.9 Å². The minimum atomic E-state index is -2.72. The van der Waals surface area contributed by atoms with Crippen LogP contribution >= 0.6 is 12.4 Å². The first-order valence-electron chi connectivity index (χ1n) is 9.78. The number of phenols is 1. The summed E-state index contributed by atoms with van der Waals surface area (Å²) in [6, 6.07) is -0.135. The number of aromatic hydroxyl groups is 1. The van der Waals surface area contributed by atoms with Crippen LogP contribution in [-0.4, -0.2) is 68.5 Å². The van der Waals surface area contributed by atoms with Gasteiger partial charge in [0.1, 0.15) is 28.6 Å². The zero-order chi connectivity index (χ0) is 23.9. The van der Waals surface area contributed by atoms with E-state index in [2.05, 4.69) is 0 Å². The quantitative estimate of drug-likeness (QED) is 0.193. The second kappa shape index (κ2) is 7.72. The van der Waals surface area contributed by atoms with Crippen LogP contribution in [0.15, 0.2) is 23.0 Å². The van der Waals surface area contributed by atoms with Gasteiger partial charge in [0.05, 0.1) is 11.6 Å². The number of halogens is 2. The van der Waals surface area contributed by atoms with Crippen LogP contribution in [0.4, 0.5) is 10.1 Å². The van der Waals surface area contributed by atoms with E-state index in [0.29, 0.717) is 0 Å². The molecule has 1 amide bonds. The summed E-state index contributed by atoms with van der Waals surface area (Å²) in [5.41, 5.74) is 6.15. The topological polar surface area (TPSA) is 187 Å². The molecular weight excluding hydrogens is 461 g/mol. The maximum absolute atomic E-state index is 14.1. The van der Waals surface area contributed by atoms with Gasteiger partial charge < -0.3 is 31.9 Å². The highest BCUT2D eigenvalue weighted by atomic mass is 35.5. The molecule has 4 unspecified atom stereocenters. The van der Waals surface area contributed by atoms with Crippen molar-refractivity contribution in [2.24, 2.45) is 17.6 Å². The van der Waals surface area contributed by atoms with Gasteiger partial charge in [-0.2, -0.15) is 0 Å². The Morgan fingerprint density at radius 3 is 2.39 bits per heavy atom. The van der Waals surface area contributed by atoms with Gasteiger partial charge in [-0.05, 0) is 44.5 Å². The maximum atomic E-state index is 14.1. The number of anilines is 1. The van der Waals surface area contributed by atoms with E-state index in [0.717, 1.165) is 6.07 Å². The number of likely N-dealkylation sites (N-methyl/N-ethyl adjacent to an activating group) is 1. The molecule has 0 aliphatic heterocycles. The molecule has 178 valence electrons. The van der Waals surface area contributed by atoms with Crippen molar-refractivity contribution in [3.63, 3.8) is 0 Å². The number of phenolic OH excluding ortho intramolecular Hbond substituents is 1. The van der Waals surface area contributed by atoms with Gasteiger partial charge in [-0.15, -0.1) is 12.4 Å². The Hall–Kier alpha value is -3.15. The Morgan fingerprint density at radius 1 is 1.24 bits per heavy atom. The van der Waals surface area contributed by atoms with E-state index in [1.165, 1.54) is 19.0 Å². The van der Waals surface area contributed by atoms with Gasteiger partial charge in [0.2, 0.25) is 5.78 Å². The number of nitrogens with zero attached hydrogens (tertiary/aromatic N) is 1. The highest BCUT2D eigenvalue weighted by Gasteiger charge is 2.64. The first kappa shape index (κ1) is 24.5. The van der Waals surface area contributed by atoms with E-state index in [1.807, 2.05) is 0 Å². The second-order valence-electron chi connectivity index (χ2n) is 8.62. The Morgan fingerprint density at radius 2 is 1.85 bits per heavy atom. The van der Waals surface area contributed by atoms with Gasteiger partial charge in [-0.25, -0.2) is 4.39 Å². The molecule has 12 heteroatoms. The molecule has 3 aliphatic rings. The van der Waals surface area contributed by atoms with Crippen LogP contribution < -0.4 is 11.5 Å². The minimum absolute atomic E-state index is 0. The SMILES string of the molecule is CN(C)C1C(=O)C(C(N)=O)=C(O)C2(O)C(=O)C3=C(O)c4c(cc(F)c(N)c4O)CC3CC12.Cl. The van der Waals surface area contributed by atoms with Crippen molar-refractivity contribution < 1.29 is 39.2 Å². The van der Waals surface area contributed by atoms with E-state index in [1.54, 1.807) is 0 Å². The number of primary amides is 1.